The first-order valence-corrected chi connectivity index (χ1v) is 6.59. The largest absolute Gasteiger partial charge is 0.288 e. The number of carbonyl (C=O) groups excluding carboxylic acids is 1. The smallest absolute Gasteiger partial charge is 0.196 e. The average molecular weight is 282 g/mol. The molecule has 2 aromatic rings. The third-order valence-corrected chi connectivity index (χ3v) is 3.34. The third-order valence-electron chi connectivity index (χ3n) is 2.61. The second-order valence-corrected chi connectivity index (χ2v) is 4.66. The van der Waals surface area contributed by atoms with Gasteiger partial charge >= 0.3 is 0 Å². The SMILES string of the molecule is CSc1cccc(C(=O)c2ccc(F)c(F)c2F)c1. The van der Waals surface area contributed by atoms with Crippen molar-refractivity contribution < 1.29 is 18.0 Å². The predicted molar refractivity (Wildman–Crippen MR) is 68.0 cm³/mol. The Kier molecular flexibility index (Phi) is 3.95. The molecule has 0 unspecified atom stereocenters. The van der Waals surface area contributed by atoms with Gasteiger partial charge in [-0.05, 0) is 30.5 Å². The number of hydrogen-bond acceptors (Lipinski definition) is 2. The fraction of sp³-hybridized carbons (Fsp3) is 0.0714. The van der Waals surface area contributed by atoms with Crippen LogP contribution in [0, 0.1) is 17.5 Å². The van der Waals surface area contributed by atoms with Crippen molar-refractivity contribution in [2.24, 2.45) is 0 Å². The zero-order valence-corrected chi connectivity index (χ0v) is 10.7. The molecule has 0 aliphatic rings. The average Bonchev–Trinajstić information content (AvgIpc) is 2.44. The van der Waals surface area contributed by atoms with Gasteiger partial charge in [0.25, 0.3) is 0 Å². The summed E-state index contributed by atoms with van der Waals surface area (Å²) in [6, 6.07) is 8.21. The number of benzene rings is 2. The highest BCUT2D eigenvalue weighted by molar-refractivity contribution is 7.98. The van der Waals surface area contributed by atoms with Gasteiger partial charge in [-0.25, -0.2) is 13.2 Å². The van der Waals surface area contributed by atoms with Crippen LogP contribution in [0.4, 0.5) is 13.2 Å². The van der Waals surface area contributed by atoms with Gasteiger partial charge in [0.05, 0.1) is 5.56 Å². The molecule has 0 spiro atoms. The van der Waals surface area contributed by atoms with Gasteiger partial charge in [0.1, 0.15) is 0 Å². The molecule has 0 fully saturated rings. The molecule has 2 rings (SSSR count). The van der Waals surface area contributed by atoms with Crippen LogP contribution in [0.1, 0.15) is 15.9 Å². The Morgan fingerprint density at radius 1 is 1.05 bits per heavy atom. The summed E-state index contributed by atoms with van der Waals surface area (Å²) in [6.45, 7) is 0. The molecule has 98 valence electrons. The van der Waals surface area contributed by atoms with Crippen molar-refractivity contribution in [2.75, 3.05) is 6.26 Å². The summed E-state index contributed by atoms with van der Waals surface area (Å²) in [5.41, 5.74) is -0.242. The summed E-state index contributed by atoms with van der Waals surface area (Å²) >= 11 is 1.43. The van der Waals surface area contributed by atoms with Gasteiger partial charge < -0.3 is 0 Å². The number of halogens is 3. The Labute approximate surface area is 112 Å². The maximum absolute atomic E-state index is 13.5. The minimum atomic E-state index is -1.63. The molecular weight excluding hydrogens is 273 g/mol. The molecule has 0 saturated carbocycles. The first kappa shape index (κ1) is 13.7. The summed E-state index contributed by atoms with van der Waals surface area (Å²) < 4.78 is 39.5. The second-order valence-electron chi connectivity index (χ2n) is 3.78. The number of ketones is 1. The Bertz CT molecular complexity index is 641. The van der Waals surface area contributed by atoms with Crippen LogP contribution in [0.5, 0.6) is 0 Å². The lowest BCUT2D eigenvalue weighted by molar-refractivity contribution is 0.103. The lowest BCUT2D eigenvalue weighted by Gasteiger charge is -2.05. The number of rotatable bonds is 3. The van der Waals surface area contributed by atoms with E-state index in [-0.39, 0.29) is 5.56 Å². The quantitative estimate of drug-likeness (QED) is 0.480. The lowest BCUT2D eigenvalue weighted by Crippen LogP contribution is -2.07. The van der Waals surface area contributed by atoms with Crippen molar-refractivity contribution >= 4 is 17.5 Å². The maximum Gasteiger partial charge on any atom is 0.196 e. The van der Waals surface area contributed by atoms with Crippen molar-refractivity contribution in [1.82, 2.24) is 0 Å². The second kappa shape index (κ2) is 5.48. The molecule has 2 aromatic carbocycles. The van der Waals surface area contributed by atoms with Gasteiger partial charge in [0.15, 0.2) is 23.2 Å². The predicted octanol–water partition coefficient (Wildman–Crippen LogP) is 4.06. The van der Waals surface area contributed by atoms with Crippen LogP contribution in [0.25, 0.3) is 0 Å². The molecule has 0 atom stereocenters. The van der Waals surface area contributed by atoms with E-state index in [2.05, 4.69) is 0 Å². The van der Waals surface area contributed by atoms with Gasteiger partial charge in [-0.15, -0.1) is 11.8 Å². The Morgan fingerprint density at radius 2 is 1.79 bits per heavy atom. The maximum atomic E-state index is 13.5. The Morgan fingerprint density at radius 3 is 2.47 bits per heavy atom. The lowest BCUT2D eigenvalue weighted by atomic mass is 10.0. The zero-order chi connectivity index (χ0) is 14.0. The molecule has 0 heterocycles. The van der Waals surface area contributed by atoms with Crippen molar-refractivity contribution in [1.29, 1.82) is 0 Å². The van der Waals surface area contributed by atoms with Crippen molar-refractivity contribution in [3.63, 3.8) is 0 Å². The van der Waals surface area contributed by atoms with Crippen molar-refractivity contribution in [2.45, 2.75) is 4.90 Å². The summed E-state index contributed by atoms with van der Waals surface area (Å²) in [7, 11) is 0. The van der Waals surface area contributed by atoms with Crippen LogP contribution in [-0.2, 0) is 0 Å². The van der Waals surface area contributed by atoms with E-state index in [9.17, 15) is 18.0 Å². The number of carbonyl (C=O) groups is 1. The standard InChI is InChI=1S/C14H9F3OS/c1-19-9-4-2-3-8(7-9)14(18)10-5-6-11(15)13(17)12(10)16/h2-7H,1H3. The molecule has 0 aliphatic heterocycles. The molecule has 0 N–H and O–H groups in total. The molecule has 5 heteroatoms. The summed E-state index contributed by atoms with van der Waals surface area (Å²) in [4.78, 5) is 12.9. The third kappa shape index (κ3) is 2.66. The summed E-state index contributed by atoms with van der Waals surface area (Å²) in [5, 5.41) is 0. The minimum absolute atomic E-state index is 0.233. The van der Waals surface area contributed by atoms with Gasteiger partial charge in [-0.3, -0.25) is 4.79 Å². The minimum Gasteiger partial charge on any atom is -0.288 e. The Balaban J connectivity index is 2.47. The van der Waals surface area contributed by atoms with E-state index in [0.717, 1.165) is 17.0 Å². The van der Waals surface area contributed by atoms with E-state index < -0.39 is 28.8 Å². The molecule has 0 radical (unpaired) electrons. The molecule has 19 heavy (non-hydrogen) atoms. The van der Waals surface area contributed by atoms with Crippen LogP contribution in [0.2, 0.25) is 0 Å². The topological polar surface area (TPSA) is 17.1 Å². The summed E-state index contributed by atoms with van der Waals surface area (Å²) in [6.07, 6.45) is 1.84. The van der Waals surface area contributed by atoms with E-state index in [0.29, 0.717) is 0 Å². The number of thioether (sulfide) groups is 1. The first-order valence-electron chi connectivity index (χ1n) is 5.37. The molecule has 0 aliphatic carbocycles. The van der Waals surface area contributed by atoms with Gasteiger partial charge in [-0.1, -0.05) is 12.1 Å². The first-order chi connectivity index (χ1) is 9.04. The van der Waals surface area contributed by atoms with Crippen LogP contribution in [-0.4, -0.2) is 12.0 Å². The number of hydrogen-bond donors (Lipinski definition) is 0. The Hall–Kier alpha value is -1.75. The van der Waals surface area contributed by atoms with Gasteiger partial charge in [-0.2, -0.15) is 0 Å². The molecule has 0 saturated heterocycles. The zero-order valence-electron chi connectivity index (χ0n) is 9.91. The van der Waals surface area contributed by atoms with E-state index in [1.807, 2.05) is 6.26 Å². The van der Waals surface area contributed by atoms with Gasteiger partial charge in [0.2, 0.25) is 0 Å². The van der Waals surface area contributed by atoms with Crippen LogP contribution in [0.15, 0.2) is 41.3 Å². The van der Waals surface area contributed by atoms with E-state index in [4.69, 9.17) is 0 Å². The fourth-order valence-electron chi connectivity index (χ4n) is 1.62. The van der Waals surface area contributed by atoms with Crippen LogP contribution in [0.3, 0.4) is 0 Å². The van der Waals surface area contributed by atoms with E-state index in [1.54, 1.807) is 18.2 Å². The van der Waals surface area contributed by atoms with Gasteiger partial charge in [0, 0.05) is 10.5 Å². The van der Waals surface area contributed by atoms with E-state index >= 15 is 0 Å². The molecule has 0 amide bonds. The fourth-order valence-corrected chi connectivity index (χ4v) is 2.08. The van der Waals surface area contributed by atoms with Crippen molar-refractivity contribution in [3.05, 3.63) is 65.0 Å². The highest BCUT2D eigenvalue weighted by Gasteiger charge is 2.19. The molecule has 1 nitrogen and oxygen atoms in total. The molecular formula is C14H9F3OS. The normalized spacial score (nSPS) is 10.5. The van der Waals surface area contributed by atoms with Crippen LogP contribution >= 0.6 is 11.8 Å². The summed E-state index contributed by atoms with van der Waals surface area (Å²) in [5.74, 6) is -5.08. The monoisotopic (exact) mass is 282 g/mol. The molecule has 0 bridgehead atoms. The van der Waals surface area contributed by atoms with Crippen LogP contribution < -0.4 is 0 Å². The molecule has 0 aromatic heterocycles. The van der Waals surface area contributed by atoms with Crippen molar-refractivity contribution in [3.8, 4) is 0 Å². The highest BCUT2D eigenvalue weighted by Crippen LogP contribution is 2.21. The highest BCUT2D eigenvalue weighted by atomic mass is 32.2. The van der Waals surface area contributed by atoms with E-state index in [1.165, 1.54) is 17.8 Å².